The second-order valence-electron chi connectivity index (χ2n) is 12.4. The van der Waals surface area contributed by atoms with Crippen LogP contribution < -0.4 is 10.1 Å². The van der Waals surface area contributed by atoms with E-state index < -0.39 is 12.0 Å². The molecule has 11 heteroatoms. The molecule has 2 aromatic heterocycles. The molecular formula is C35H41FN6O4. The number of nitrogens with one attached hydrogen (secondary N) is 1. The minimum absolute atomic E-state index is 0.0154. The van der Waals surface area contributed by atoms with Crippen LogP contribution in [-0.2, 0) is 4.79 Å². The van der Waals surface area contributed by atoms with Crippen molar-refractivity contribution in [2.45, 2.75) is 51.7 Å². The van der Waals surface area contributed by atoms with Gasteiger partial charge in [-0.2, -0.15) is 0 Å². The maximum Gasteiger partial charge on any atom is 0.275 e. The molecule has 1 aliphatic heterocycles. The van der Waals surface area contributed by atoms with Crippen LogP contribution in [0.4, 0.5) is 10.2 Å². The Balaban J connectivity index is 1.33. The molecule has 1 aromatic carbocycles. The van der Waals surface area contributed by atoms with Crippen molar-refractivity contribution in [2.24, 2.45) is 0 Å². The predicted molar refractivity (Wildman–Crippen MR) is 173 cm³/mol. The zero-order valence-electron chi connectivity index (χ0n) is 27.0. The first-order valence-electron chi connectivity index (χ1n) is 15.5. The highest BCUT2D eigenvalue weighted by molar-refractivity contribution is 6.04. The third-order valence-corrected chi connectivity index (χ3v) is 8.52. The minimum atomic E-state index is -0.521. The van der Waals surface area contributed by atoms with Gasteiger partial charge in [0.25, 0.3) is 11.8 Å². The molecule has 0 spiro atoms. The van der Waals surface area contributed by atoms with E-state index in [9.17, 15) is 14.4 Å². The second kappa shape index (κ2) is 13.8. The van der Waals surface area contributed by atoms with Gasteiger partial charge in [-0.3, -0.25) is 19.3 Å². The largest absolute Gasteiger partial charge is 0.483 e. The smallest absolute Gasteiger partial charge is 0.275 e. The van der Waals surface area contributed by atoms with E-state index in [4.69, 9.17) is 4.74 Å². The summed E-state index contributed by atoms with van der Waals surface area (Å²) in [5, 5.41) is 2.79. The molecule has 46 heavy (non-hydrogen) atoms. The number of hydrogen-bond donors (Lipinski definition) is 1. The van der Waals surface area contributed by atoms with Gasteiger partial charge in [0.2, 0.25) is 5.91 Å². The molecule has 0 bridgehead atoms. The Labute approximate surface area is 269 Å². The molecule has 1 aliphatic carbocycles. The van der Waals surface area contributed by atoms with Crippen molar-refractivity contribution < 1.29 is 23.5 Å². The third-order valence-electron chi connectivity index (χ3n) is 8.52. The summed E-state index contributed by atoms with van der Waals surface area (Å²) in [5.41, 5.74) is 3.31. The monoisotopic (exact) mass is 628 g/mol. The van der Waals surface area contributed by atoms with Gasteiger partial charge in [0.15, 0.2) is 0 Å². The summed E-state index contributed by atoms with van der Waals surface area (Å²) in [5.74, 6) is 0.122. The van der Waals surface area contributed by atoms with Crippen LogP contribution in [0.2, 0.25) is 0 Å². The van der Waals surface area contributed by atoms with Crippen molar-refractivity contribution in [1.29, 1.82) is 0 Å². The summed E-state index contributed by atoms with van der Waals surface area (Å²) in [4.78, 5) is 51.9. The maximum absolute atomic E-state index is 15.2. The van der Waals surface area contributed by atoms with Gasteiger partial charge in [-0.1, -0.05) is 18.7 Å². The Kier molecular flexibility index (Phi) is 9.81. The topological polar surface area (TPSA) is 108 Å². The fraction of sp³-hybridized carbons (Fsp3) is 0.400. The van der Waals surface area contributed by atoms with E-state index in [1.54, 1.807) is 51.0 Å². The average molecular weight is 629 g/mol. The van der Waals surface area contributed by atoms with Crippen LogP contribution in [-0.4, -0.2) is 88.7 Å². The van der Waals surface area contributed by atoms with E-state index in [0.29, 0.717) is 60.0 Å². The van der Waals surface area contributed by atoms with E-state index in [0.717, 1.165) is 18.4 Å². The summed E-state index contributed by atoms with van der Waals surface area (Å²) in [6.07, 6.45) is 5.75. The third kappa shape index (κ3) is 7.42. The van der Waals surface area contributed by atoms with Crippen LogP contribution in [0, 0.1) is 19.7 Å². The van der Waals surface area contributed by atoms with Crippen LogP contribution in [0.5, 0.6) is 5.75 Å². The van der Waals surface area contributed by atoms with Crippen molar-refractivity contribution in [1.82, 2.24) is 24.7 Å². The molecule has 0 radical (unpaired) electrons. The number of nitrogens with zero attached hydrogens (tertiary/aromatic N) is 5. The summed E-state index contributed by atoms with van der Waals surface area (Å²) in [6.45, 7) is 11.5. The van der Waals surface area contributed by atoms with Crippen LogP contribution in [0.1, 0.15) is 74.9 Å². The van der Waals surface area contributed by atoms with E-state index in [2.05, 4.69) is 26.8 Å². The van der Waals surface area contributed by atoms with Gasteiger partial charge in [0.05, 0.1) is 11.8 Å². The fourth-order valence-electron chi connectivity index (χ4n) is 5.82. The molecule has 242 valence electrons. The SMILES string of the molecule is C=CC(=O)N1CCN(CC(Oc2cnc(C(=O)Nc3ncc(C(=O)N(C)C)cc3C)c(C)c2)c2ccc(C3CC3)c(F)c2)C[C@H]1C. The molecule has 2 aliphatic rings. The van der Waals surface area contributed by atoms with Gasteiger partial charge >= 0.3 is 0 Å². The zero-order chi connectivity index (χ0) is 33.1. The van der Waals surface area contributed by atoms with Gasteiger partial charge in [-0.15, -0.1) is 0 Å². The van der Waals surface area contributed by atoms with Gasteiger partial charge in [-0.05, 0) is 86.1 Å². The summed E-state index contributed by atoms with van der Waals surface area (Å²) in [6, 6.07) is 8.76. The van der Waals surface area contributed by atoms with E-state index in [-0.39, 0.29) is 35.3 Å². The first kappa shape index (κ1) is 32.7. The van der Waals surface area contributed by atoms with Gasteiger partial charge in [-0.25, -0.2) is 14.4 Å². The average Bonchev–Trinajstić information content (AvgIpc) is 3.86. The molecule has 3 heterocycles. The van der Waals surface area contributed by atoms with Crippen molar-refractivity contribution >= 4 is 23.5 Å². The Morgan fingerprint density at radius 2 is 1.87 bits per heavy atom. The highest BCUT2D eigenvalue weighted by Gasteiger charge is 2.31. The molecule has 3 aromatic rings. The maximum atomic E-state index is 15.2. The number of rotatable bonds is 10. The predicted octanol–water partition coefficient (Wildman–Crippen LogP) is 4.90. The van der Waals surface area contributed by atoms with E-state index in [1.165, 1.54) is 23.4 Å². The van der Waals surface area contributed by atoms with Gasteiger partial charge in [0.1, 0.15) is 29.2 Å². The first-order valence-corrected chi connectivity index (χ1v) is 15.5. The molecule has 3 amide bonds. The molecule has 1 unspecified atom stereocenters. The normalized spacial score (nSPS) is 17.3. The molecule has 1 saturated carbocycles. The number of anilines is 1. The van der Waals surface area contributed by atoms with Gasteiger partial charge < -0.3 is 19.9 Å². The minimum Gasteiger partial charge on any atom is -0.483 e. The van der Waals surface area contributed by atoms with Crippen molar-refractivity contribution in [2.75, 3.05) is 45.6 Å². The fourth-order valence-corrected chi connectivity index (χ4v) is 5.82. The number of pyridine rings is 2. The van der Waals surface area contributed by atoms with E-state index >= 15 is 4.39 Å². The number of hydrogen-bond acceptors (Lipinski definition) is 7. The number of halogens is 1. The number of ether oxygens (including phenoxy) is 1. The molecule has 2 fully saturated rings. The lowest BCUT2D eigenvalue weighted by atomic mass is 10.0. The lowest BCUT2D eigenvalue weighted by Gasteiger charge is -2.40. The number of aromatic nitrogens is 2. The van der Waals surface area contributed by atoms with E-state index in [1.807, 2.05) is 19.1 Å². The van der Waals surface area contributed by atoms with Crippen molar-refractivity contribution in [3.63, 3.8) is 0 Å². The number of benzene rings is 1. The molecule has 1 saturated heterocycles. The molecular weight excluding hydrogens is 587 g/mol. The van der Waals surface area contributed by atoms with Crippen LogP contribution in [0.25, 0.3) is 0 Å². The lowest BCUT2D eigenvalue weighted by molar-refractivity contribution is -0.130. The highest BCUT2D eigenvalue weighted by atomic mass is 19.1. The van der Waals surface area contributed by atoms with Gasteiger partial charge in [0, 0.05) is 52.5 Å². The summed E-state index contributed by atoms with van der Waals surface area (Å²) in [7, 11) is 3.32. The van der Waals surface area contributed by atoms with Crippen molar-refractivity contribution in [3.05, 3.63) is 94.7 Å². The molecule has 2 atom stereocenters. The molecule has 5 rings (SSSR count). The lowest BCUT2D eigenvalue weighted by Crippen LogP contribution is -2.54. The Hall–Kier alpha value is -4.64. The second-order valence-corrected chi connectivity index (χ2v) is 12.4. The number of aryl methyl sites for hydroxylation is 2. The van der Waals surface area contributed by atoms with Crippen LogP contribution in [0.15, 0.2) is 55.4 Å². The number of amides is 3. The Bertz CT molecular complexity index is 1660. The van der Waals surface area contributed by atoms with Crippen LogP contribution in [0.3, 0.4) is 0 Å². The number of carbonyl (C=O) groups is 3. The zero-order valence-corrected chi connectivity index (χ0v) is 27.0. The molecule has 1 N–H and O–H groups in total. The standard InChI is InChI=1S/C35H41FN6O4/c1-7-31(43)42-13-12-41(19-23(42)4)20-30(25-10-11-28(24-8-9-24)29(36)16-25)46-27-15-21(2)32(37-18-27)34(44)39-33-22(3)14-26(17-38-33)35(45)40(5)6/h7,10-11,14-18,23-24,30H,1,8-9,12-13,19-20H2,2-6H3,(H,38,39,44)/t23-,30?/m1/s1. The Morgan fingerprint density at radius 1 is 1.11 bits per heavy atom. The highest BCUT2D eigenvalue weighted by Crippen LogP contribution is 2.42. The number of piperazine rings is 1. The summed E-state index contributed by atoms with van der Waals surface area (Å²) >= 11 is 0. The van der Waals surface area contributed by atoms with Crippen LogP contribution >= 0.6 is 0 Å². The quantitative estimate of drug-likeness (QED) is 0.318. The molecule has 10 nitrogen and oxygen atoms in total. The summed E-state index contributed by atoms with van der Waals surface area (Å²) < 4.78 is 21.6. The van der Waals surface area contributed by atoms with Crippen molar-refractivity contribution in [3.8, 4) is 5.75 Å². The first-order chi connectivity index (χ1) is 21.9. The Morgan fingerprint density at radius 3 is 2.48 bits per heavy atom. The number of carbonyl (C=O) groups excluding carboxylic acids is 3.